The van der Waals surface area contributed by atoms with Crippen LogP contribution in [0, 0.1) is 0 Å². The summed E-state index contributed by atoms with van der Waals surface area (Å²) in [6.45, 7) is 5.95. The highest BCUT2D eigenvalue weighted by molar-refractivity contribution is 7.92. The van der Waals surface area contributed by atoms with E-state index < -0.39 is 28.5 Å². The Kier molecular flexibility index (Phi) is 10.9. The van der Waals surface area contributed by atoms with Crippen molar-refractivity contribution < 1.29 is 18.0 Å². The van der Waals surface area contributed by atoms with Crippen LogP contribution >= 0.6 is 11.6 Å². The molecule has 0 spiro atoms. The lowest BCUT2D eigenvalue weighted by molar-refractivity contribution is -0.140. The normalized spacial score (nSPS) is 12.0. The van der Waals surface area contributed by atoms with Crippen molar-refractivity contribution in [2.75, 3.05) is 17.4 Å². The van der Waals surface area contributed by atoms with E-state index >= 15 is 0 Å². The number of nitrogens with one attached hydrogen (secondary N) is 1. The minimum absolute atomic E-state index is 0.0781. The average Bonchev–Trinajstić information content (AvgIpc) is 2.96. The quantitative estimate of drug-likeness (QED) is 0.297. The first-order valence-corrected chi connectivity index (χ1v) is 15.0. The number of benzene rings is 3. The number of sulfonamides is 1. The summed E-state index contributed by atoms with van der Waals surface area (Å²) in [4.78, 5) is 28.6. The lowest BCUT2D eigenvalue weighted by Crippen LogP contribution is -2.52. The average molecular weight is 570 g/mol. The number of halogens is 1. The third-order valence-electron chi connectivity index (χ3n) is 6.44. The minimum Gasteiger partial charge on any atom is -0.354 e. The first kappa shape index (κ1) is 30.2. The Morgan fingerprint density at radius 2 is 1.49 bits per heavy atom. The van der Waals surface area contributed by atoms with Crippen LogP contribution in [-0.2, 0) is 32.6 Å². The van der Waals surface area contributed by atoms with Gasteiger partial charge in [-0.2, -0.15) is 0 Å². The zero-order valence-electron chi connectivity index (χ0n) is 22.6. The maximum atomic E-state index is 14.0. The summed E-state index contributed by atoms with van der Waals surface area (Å²) in [6.07, 6.45) is 1.92. The molecule has 208 valence electrons. The van der Waals surface area contributed by atoms with E-state index in [0.29, 0.717) is 23.7 Å². The number of hydrogen-bond donors (Lipinski definition) is 1. The van der Waals surface area contributed by atoms with Crippen LogP contribution < -0.4 is 9.62 Å². The van der Waals surface area contributed by atoms with Crippen LogP contribution in [0.5, 0.6) is 0 Å². The summed E-state index contributed by atoms with van der Waals surface area (Å²) in [6, 6.07) is 21.4. The molecule has 0 fully saturated rings. The monoisotopic (exact) mass is 569 g/mol. The molecule has 0 aromatic heterocycles. The molecule has 3 aromatic carbocycles. The van der Waals surface area contributed by atoms with Crippen molar-refractivity contribution in [1.82, 2.24) is 10.2 Å². The second kappa shape index (κ2) is 14.1. The molecule has 7 nitrogen and oxygen atoms in total. The molecule has 0 unspecified atom stereocenters. The largest absolute Gasteiger partial charge is 0.354 e. The van der Waals surface area contributed by atoms with Crippen molar-refractivity contribution in [3.8, 4) is 0 Å². The van der Waals surface area contributed by atoms with E-state index in [1.165, 1.54) is 17.0 Å². The molecule has 0 saturated carbocycles. The third-order valence-corrected chi connectivity index (χ3v) is 8.48. The standard InChI is InChI=1S/C30H36ClN3O4S/c1-4-20-32-30(36)28(6-3)33(21-24-12-16-25(31)17-13-24)29(35)22-34(26-18-14-23(5-2)15-19-26)39(37,38)27-10-8-7-9-11-27/h7-19,28H,4-6,20-22H2,1-3H3,(H,32,36)/t28-/m0/s1. The smallest absolute Gasteiger partial charge is 0.264 e. The molecule has 0 bridgehead atoms. The summed E-state index contributed by atoms with van der Waals surface area (Å²) in [5.74, 6) is -0.756. The fourth-order valence-electron chi connectivity index (χ4n) is 4.22. The van der Waals surface area contributed by atoms with Crippen LogP contribution in [0.2, 0.25) is 5.02 Å². The first-order chi connectivity index (χ1) is 18.7. The molecule has 0 heterocycles. The van der Waals surface area contributed by atoms with Crippen molar-refractivity contribution in [2.45, 2.75) is 57.5 Å². The summed E-state index contributed by atoms with van der Waals surface area (Å²) >= 11 is 6.06. The SMILES string of the molecule is CCCNC(=O)[C@H](CC)N(Cc1ccc(Cl)cc1)C(=O)CN(c1ccc(CC)cc1)S(=O)(=O)c1ccccc1. The van der Waals surface area contributed by atoms with Crippen LogP contribution in [0.1, 0.15) is 44.7 Å². The number of aryl methyl sites for hydroxylation is 1. The summed E-state index contributed by atoms with van der Waals surface area (Å²) in [7, 11) is -4.08. The second-order valence-electron chi connectivity index (χ2n) is 9.21. The highest BCUT2D eigenvalue weighted by atomic mass is 35.5. The van der Waals surface area contributed by atoms with E-state index in [1.54, 1.807) is 54.6 Å². The van der Waals surface area contributed by atoms with E-state index in [0.717, 1.165) is 28.3 Å². The maximum absolute atomic E-state index is 14.0. The molecule has 2 amide bonds. The Labute approximate surface area is 236 Å². The Balaban J connectivity index is 2.03. The van der Waals surface area contributed by atoms with Crippen LogP contribution in [0.15, 0.2) is 83.8 Å². The molecule has 0 saturated heterocycles. The fraction of sp³-hybridized carbons (Fsp3) is 0.333. The molecule has 1 atom stereocenters. The highest BCUT2D eigenvalue weighted by Gasteiger charge is 2.33. The van der Waals surface area contributed by atoms with Gasteiger partial charge in [-0.3, -0.25) is 13.9 Å². The van der Waals surface area contributed by atoms with Crippen LogP contribution in [-0.4, -0.2) is 44.3 Å². The van der Waals surface area contributed by atoms with E-state index in [9.17, 15) is 18.0 Å². The van der Waals surface area contributed by atoms with Gasteiger partial charge < -0.3 is 10.2 Å². The van der Waals surface area contributed by atoms with Crippen LogP contribution in [0.4, 0.5) is 5.69 Å². The Morgan fingerprint density at radius 1 is 0.872 bits per heavy atom. The molecule has 0 aliphatic carbocycles. The molecule has 3 aromatic rings. The summed E-state index contributed by atoms with van der Waals surface area (Å²) < 4.78 is 28.8. The van der Waals surface area contributed by atoms with Gasteiger partial charge in [0.1, 0.15) is 12.6 Å². The number of rotatable bonds is 13. The molecular weight excluding hydrogens is 534 g/mol. The van der Waals surface area contributed by atoms with Crippen LogP contribution in [0.25, 0.3) is 0 Å². The molecule has 39 heavy (non-hydrogen) atoms. The van der Waals surface area contributed by atoms with E-state index in [-0.39, 0.29) is 17.3 Å². The van der Waals surface area contributed by atoms with E-state index in [2.05, 4.69) is 5.32 Å². The fourth-order valence-corrected chi connectivity index (χ4v) is 5.78. The molecule has 0 aliphatic rings. The number of anilines is 1. The van der Waals surface area contributed by atoms with Gasteiger partial charge >= 0.3 is 0 Å². The predicted octanol–water partition coefficient (Wildman–Crippen LogP) is 5.43. The maximum Gasteiger partial charge on any atom is 0.264 e. The molecular formula is C30H36ClN3O4S. The Bertz CT molecular complexity index is 1330. The predicted molar refractivity (Wildman–Crippen MR) is 156 cm³/mol. The molecule has 9 heteroatoms. The lowest BCUT2D eigenvalue weighted by atomic mass is 10.1. The number of carbonyl (C=O) groups excluding carboxylic acids is 2. The van der Waals surface area contributed by atoms with Gasteiger partial charge in [-0.05, 0) is 66.8 Å². The molecule has 0 aliphatic heterocycles. The van der Waals surface area contributed by atoms with Crippen molar-refractivity contribution >= 4 is 39.1 Å². The van der Waals surface area contributed by atoms with Crippen LogP contribution in [0.3, 0.4) is 0 Å². The third kappa shape index (κ3) is 7.83. The van der Waals surface area contributed by atoms with E-state index in [4.69, 9.17) is 11.6 Å². The Morgan fingerprint density at radius 3 is 2.05 bits per heavy atom. The van der Waals surface area contributed by atoms with Gasteiger partial charge in [0.15, 0.2) is 0 Å². The van der Waals surface area contributed by atoms with Gasteiger partial charge in [0, 0.05) is 18.1 Å². The van der Waals surface area contributed by atoms with Crippen molar-refractivity contribution in [1.29, 1.82) is 0 Å². The number of carbonyl (C=O) groups is 2. The second-order valence-corrected chi connectivity index (χ2v) is 11.5. The van der Waals surface area contributed by atoms with Crippen molar-refractivity contribution in [3.05, 3.63) is 95.0 Å². The van der Waals surface area contributed by atoms with Gasteiger partial charge in [0.2, 0.25) is 11.8 Å². The first-order valence-electron chi connectivity index (χ1n) is 13.2. The number of hydrogen-bond acceptors (Lipinski definition) is 4. The topological polar surface area (TPSA) is 86.8 Å². The van der Waals surface area contributed by atoms with Gasteiger partial charge in [-0.25, -0.2) is 8.42 Å². The molecule has 3 rings (SSSR count). The van der Waals surface area contributed by atoms with Crippen molar-refractivity contribution in [3.63, 3.8) is 0 Å². The van der Waals surface area contributed by atoms with Gasteiger partial charge in [0.25, 0.3) is 10.0 Å². The highest BCUT2D eigenvalue weighted by Crippen LogP contribution is 2.25. The number of nitrogens with zero attached hydrogens (tertiary/aromatic N) is 2. The summed E-state index contributed by atoms with van der Waals surface area (Å²) in [5.41, 5.74) is 2.20. The van der Waals surface area contributed by atoms with Gasteiger partial charge in [-0.15, -0.1) is 0 Å². The van der Waals surface area contributed by atoms with Gasteiger partial charge in [-0.1, -0.05) is 74.8 Å². The lowest BCUT2D eigenvalue weighted by Gasteiger charge is -2.33. The van der Waals surface area contributed by atoms with Gasteiger partial charge in [0.05, 0.1) is 10.6 Å². The number of amides is 2. The van der Waals surface area contributed by atoms with Crippen molar-refractivity contribution in [2.24, 2.45) is 0 Å². The zero-order chi connectivity index (χ0) is 28.4. The zero-order valence-corrected chi connectivity index (χ0v) is 24.2. The Hall–Kier alpha value is -3.36. The summed E-state index contributed by atoms with van der Waals surface area (Å²) in [5, 5.41) is 3.44. The molecule has 0 radical (unpaired) electrons. The minimum atomic E-state index is -4.08. The molecule has 1 N–H and O–H groups in total. The van der Waals surface area contributed by atoms with E-state index in [1.807, 2.05) is 32.9 Å².